The fourth-order valence-corrected chi connectivity index (χ4v) is 5.35. The minimum absolute atomic E-state index is 0.140. The molecule has 1 aliphatic rings. The Bertz CT molecular complexity index is 1560. The van der Waals surface area contributed by atoms with Crippen LogP contribution in [0.25, 0.3) is 5.70 Å². The third-order valence-electron chi connectivity index (χ3n) is 7.54. The van der Waals surface area contributed by atoms with Gasteiger partial charge in [-0.2, -0.15) is 0 Å². The van der Waals surface area contributed by atoms with Gasteiger partial charge < -0.3 is 24.8 Å². The van der Waals surface area contributed by atoms with Crippen LogP contribution in [0.1, 0.15) is 49.2 Å². The number of benzene rings is 3. The van der Waals surface area contributed by atoms with Crippen molar-refractivity contribution in [3.8, 4) is 5.75 Å². The maximum Gasteiger partial charge on any atom is 0.337 e. The van der Waals surface area contributed by atoms with Crippen molar-refractivity contribution in [2.24, 2.45) is 5.92 Å². The lowest BCUT2D eigenvalue weighted by atomic mass is 9.96. The Morgan fingerprint density at radius 3 is 2.17 bits per heavy atom. The quantitative estimate of drug-likeness (QED) is 0.291. The number of rotatable bonds is 12. The van der Waals surface area contributed by atoms with Gasteiger partial charge in [0.15, 0.2) is 6.10 Å². The Morgan fingerprint density at radius 2 is 1.57 bits per heavy atom. The van der Waals surface area contributed by atoms with E-state index in [0.717, 1.165) is 5.56 Å². The normalized spacial score (nSPS) is 16.1. The van der Waals surface area contributed by atoms with E-state index in [4.69, 9.17) is 9.47 Å². The number of carbonyl (C=O) groups excluding carboxylic acids is 4. The third-order valence-corrected chi connectivity index (χ3v) is 7.54. The Kier molecular flexibility index (Phi) is 11.3. The summed E-state index contributed by atoms with van der Waals surface area (Å²) in [6.45, 7) is 6.57. The van der Waals surface area contributed by atoms with Crippen LogP contribution in [-0.2, 0) is 25.5 Å². The number of methoxy groups -OCH3 is 1. The molecule has 0 aliphatic carbocycles. The Hall–Kier alpha value is -4.96. The van der Waals surface area contributed by atoms with Crippen LogP contribution in [0.5, 0.6) is 5.75 Å². The van der Waals surface area contributed by atoms with E-state index in [1.54, 1.807) is 74.6 Å². The van der Waals surface area contributed by atoms with E-state index in [9.17, 15) is 24.3 Å². The summed E-state index contributed by atoms with van der Waals surface area (Å²) in [6, 6.07) is 22.8. The van der Waals surface area contributed by atoms with Crippen LogP contribution in [0.2, 0.25) is 0 Å². The SMILES string of the molecule is COc1cccc(C2=CN(C(=O)c3ccccc3)C(C(C)C)C(=O)N2CC(=O)N[C@@H](Cc2ccccc2)C(O)C(=O)OC(C)C)c1. The fraction of sp³-hybridized carbons (Fsp3) is 0.333. The van der Waals surface area contributed by atoms with Crippen molar-refractivity contribution in [2.75, 3.05) is 13.7 Å². The highest BCUT2D eigenvalue weighted by molar-refractivity contribution is 6.04. The summed E-state index contributed by atoms with van der Waals surface area (Å²) in [5, 5.41) is 13.7. The molecule has 46 heavy (non-hydrogen) atoms. The molecule has 0 spiro atoms. The van der Waals surface area contributed by atoms with Gasteiger partial charge >= 0.3 is 5.97 Å². The largest absolute Gasteiger partial charge is 0.497 e. The molecule has 0 saturated carbocycles. The molecular formula is C36H41N3O7. The Balaban J connectivity index is 1.71. The lowest BCUT2D eigenvalue weighted by Gasteiger charge is -2.41. The fourth-order valence-electron chi connectivity index (χ4n) is 5.35. The molecular weight excluding hydrogens is 586 g/mol. The number of nitrogens with one attached hydrogen (secondary N) is 1. The minimum atomic E-state index is -1.65. The topological polar surface area (TPSA) is 125 Å². The second-order valence-electron chi connectivity index (χ2n) is 11.7. The summed E-state index contributed by atoms with van der Waals surface area (Å²) < 4.78 is 10.6. The first-order valence-electron chi connectivity index (χ1n) is 15.3. The third kappa shape index (κ3) is 8.19. The molecule has 0 saturated heterocycles. The first-order valence-corrected chi connectivity index (χ1v) is 15.3. The number of aliphatic hydroxyl groups is 1. The molecule has 1 aliphatic heterocycles. The van der Waals surface area contributed by atoms with Crippen LogP contribution in [0.4, 0.5) is 0 Å². The number of esters is 1. The summed E-state index contributed by atoms with van der Waals surface area (Å²) in [7, 11) is 1.52. The smallest absolute Gasteiger partial charge is 0.337 e. The highest BCUT2D eigenvalue weighted by atomic mass is 16.6. The van der Waals surface area contributed by atoms with E-state index in [0.29, 0.717) is 22.6 Å². The van der Waals surface area contributed by atoms with Crippen molar-refractivity contribution in [1.82, 2.24) is 15.1 Å². The van der Waals surface area contributed by atoms with Crippen molar-refractivity contribution in [3.63, 3.8) is 0 Å². The van der Waals surface area contributed by atoms with E-state index in [1.165, 1.54) is 16.9 Å². The van der Waals surface area contributed by atoms with Gasteiger partial charge in [0.25, 0.3) is 11.8 Å². The molecule has 0 bridgehead atoms. The van der Waals surface area contributed by atoms with Crippen LogP contribution in [0, 0.1) is 5.92 Å². The molecule has 3 aromatic rings. The van der Waals surface area contributed by atoms with Gasteiger partial charge in [-0.3, -0.25) is 19.3 Å². The number of carbonyl (C=O) groups is 4. The van der Waals surface area contributed by atoms with Crippen LogP contribution >= 0.6 is 0 Å². The Labute approximate surface area is 269 Å². The predicted octanol–water partition coefficient (Wildman–Crippen LogP) is 4.04. The summed E-state index contributed by atoms with van der Waals surface area (Å²) >= 11 is 0. The molecule has 0 aromatic heterocycles. The lowest BCUT2D eigenvalue weighted by molar-refractivity contribution is -0.159. The molecule has 3 amide bonds. The van der Waals surface area contributed by atoms with E-state index >= 15 is 0 Å². The average Bonchev–Trinajstić information content (AvgIpc) is 3.04. The molecule has 10 heteroatoms. The van der Waals surface area contributed by atoms with Crippen LogP contribution in [-0.4, -0.2) is 76.5 Å². The zero-order valence-electron chi connectivity index (χ0n) is 26.8. The maximum absolute atomic E-state index is 14.3. The molecule has 1 heterocycles. The summed E-state index contributed by atoms with van der Waals surface area (Å²) in [5.41, 5.74) is 2.07. The van der Waals surface area contributed by atoms with E-state index < -0.39 is 48.6 Å². The molecule has 10 nitrogen and oxygen atoms in total. The summed E-state index contributed by atoms with van der Waals surface area (Å²) in [5.74, 6) is -2.05. The Morgan fingerprint density at radius 1 is 0.913 bits per heavy atom. The number of aliphatic hydroxyl groups excluding tert-OH is 1. The van der Waals surface area contributed by atoms with E-state index in [2.05, 4.69) is 5.32 Å². The lowest BCUT2D eigenvalue weighted by Crippen LogP contribution is -2.57. The van der Waals surface area contributed by atoms with Gasteiger partial charge in [-0.1, -0.05) is 74.5 Å². The van der Waals surface area contributed by atoms with Crippen molar-refractivity contribution in [1.29, 1.82) is 0 Å². The number of amides is 3. The van der Waals surface area contributed by atoms with Gasteiger partial charge in [0.1, 0.15) is 18.3 Å². The van der Waals surface area contributed by atoms with Crippen molar-refractivity contribution >= 4 is 29.4 Å². The van der Waals surface area contributed by atoms with Gasteiger partial charge in [-0.15, -0.1) is 0 Å². The maximum atomic E-state index is 14.3. The van der Waals surface area contributed by atoms with Gasteiger partial charge in [0, 0.05) is 17.3 Å². The summed E-state index contributed by atoms with van der Waals surface area (Å²) in [4.78, 5) is 57.2. The second-order valence-corrected chi connectivity index (χ2v) is 11.7. The number of nitrogens with zero attached hydrogens (tertiary/aromatic N) is 2. The first kappa shape index (κ1) is 33.9. The van der Waals surface area contributed by atoms with Crippen molar-refractivity contribution < 1.29 is 33.8 Å². The van der Waals surface area contributed by atoms with Crippen molar-refractivity contribution in [3.05, 3.63) is 108 Å². The molecule has 2 N–H and O–H groups in total. The van der Waals surface area contributed by atoms with Gasteiger partial charge in [0.2, 0.25) is 5.91 Å². The van der Waals surface area contributed by atoms with Crippen LogP contribution < -0.4 is 10.1 Å². The van der Waals surface area contributed by atoms with Crippen LogP contribution in [0.15, 0.2) is 91.1 Å². The zero-order valence-corrected chi connectivity index (χ0v) is 26.8. The van der Waals surface area contributed by atoms with Crippen molar-refractivity contribution in [2.45, 2.75) is 58.4 Å². The molecule has 3 aromatic carbocycles. The van der Waals surface area contributed by atoms with E-state index in [-0.39, 0.29) is 18.2 Å². The average molecular weight is 628 g/mol. The monoisotopic (exact) mass is 627 g/mol. The molecule has 242 valence electrons. The number of hydrogen-bond donors (Lipinski definition) is 2. The van der Waals surface area contributed by atoms with Gasteiger partial charge in [0.05, 0.1) is 25.0 Å². The first-order chi connectivity index (χ1) is 22.0. The molecule has 3 atom stereocenters. The highest BCUT2D eigenvalue weighted by Crippen LogP contribution is 2.32. The molecule has 4 rings (SSSR count). The second kappa shape index (κ2) is 15.4. The summed E-state index contributed by atoms with van der Waals surface area (Å²) in [6.07, 6.45) is -0.382. The number of ether oxygens (including phenoxy) is 2. The molecule has 0 radical (unpaired) electrons. The number of hydrogen-bond acceptors (Lipinski definition) is 7. The highest BCUT2D eigenvalue weighted by Gasteiger charge is 2.42. The zero-order chi connectivity index (χ0) is 33.4. The predicted molar refractivity (Wildman–Crippen MR) is 173 cm³/mol. The minimum Gasteiger partial charge on any atom is -0.497 e. The van der Waals surface area contributed by atoms with Gasteiger partial charge in [-0.05, 0) is 56.0 Å². The molecule has 2 unspecified atom stereocenters. The van der Waals surface area contributed by atoms with Gasteiger partial charge in [-0.25, -0.2) is 4.79 Å². The van der Waals surface area contributed by atoms with E-state index in [1.807, 2.05) is 44.2 Å². The van der Waals surface area contributed by atoms with Crippen LogP contribution in [0.3, 0.4) is 0 Å². The molecule has 0 fully saturated rings. The standard InChI is InChI=1S/C36H41N3O7/c1-23(2)32-35(43)38(22-31(40)37-29(19-25-13-8-6-9-14-25)33(41)36(44)46-24(3)4)30(27-17-12-18-28(20-27)45-5)21-39(32)34(42)26-15-10-7-11-16-26/h6-18,20-21,23-24,29,32-33,41H,19,22H2,1-5H3,(H,37,40)/t29-,32?,33?/m0/s1.